The lowest BCUT2D eigenvalue weighted by molar-refractivity contribution is 0.101. The van der Waals surface area contributed by atoms with Gasteiger partial charge in [-0.15, -0.1) is 0 Å². The smallest absolute Gasteiger partial charge is 0.219 e. The van der Waals surface area contributed by atoms with E-state index in [2.05, 4.69) is 4.98 Å². The minimum Gasteiger partial charge on any atom is -0.439 e. The van der Waals surface area contributed by atoms with Crippen LogP contribution < -0.4 is 4.74 Å². The van der Waals surface area contributed by atoms with Gasteiger partial charge in [0, 0.05) is 17.8 Å². The molecule has 5 nitrogen and oxygen atoms in total. The van der Waals surface area contributed by atoms with Gasteiger partial charge in [-0.3, -0.25) is 4.79 Å². The number of benzene rings is 1. The summed E-state index contributed by atoms with van der Waals surface area (Å²) in [7, 11) is -3.26. The molecule has 110 valence electrons. The Balaban J connectivity index is 2.15. The molecular formula is C15H15NO4S. The number of Topliss-reactive ketones (excluding diaryl/α,β-unsaturated/α-hetero) is 1. The first-order valence-corrected chi connectivity index (χ1v) is 8.05. The number of hydrogen-bond donors (Lipinski definition) is 0. The van der Waals surface area contributed by atoms with Gasteiger partial charge in [-0.25, -0.2) is 13.4 Å². The molecule has 6 heteroatoms. The Morgan fingerprint density at radius 3 is 2.29 bits per heavy atom. The Morgan fingerprint density at radius 2 is 1.81 bits per heavy atom. The SMILES string of the molecule is CCS(=O)(=O)c1ccc(Oc2ccc(C(C)=O)cc2)nc1. The quantitative estimate of drug-likeness (QED) is 0.794. The molecule has 0 radical (unpaired) electrons. The summed E-state index contributed by atoms with van der Waals surface area (Å²) in [6.45, 7) is 3.07. The summed E-state index contributed by atoms with van der Waals surface area (Å²) in [6.07, 6.45) is 1.28. The molecule has 1 aromatic carbocycles. The zero-order chi connectivity index (χ0) is 15.5. The van der Waals surface area contributed by atoms with E-state index in [1.165, 1.54) is 25.3 Å². The lowest BCUT2D eigenvalue weighted by Gasteiger charge is -2.06. The van der Waals surface area contributed by atoms with Crippen LogP contribution >= 0.6 is 0 Å². The normalized spacial score (nSPS) is 11.1. The van der Waals surface area contributed by atoms with Crippen molar-refractivity contribution in [1.29, 1.82) is 0 Å². The zero-order valence-electron chi connectivity index (χ0n) is 11.7. The summed E-state index contributed by atoms with van der Waals surface area (Å²) in [5, 5.41) is 0. The van der Waals surface area contributed by atoms with Gasteiger partial charge in [0.15, 0.2) is 15.6 Å². The number of aromatic nitrogens is 1. The van der Waals surface area contributed by atoms with Crippen molar-refractivity contribution in [3.63, 3.8) is 0 Å². The van der Waals surface area contributed by atoms with Gasteiger partial charge in [-0.2, -0.15) is 0 Å². The molecule has 0 aliphatic heterocycles. The maximum absolute atomic E-state index is 11.7. The second-order valence-corrected chi connectivity index (χ2v) is 6.70. The highest BCUT2D eigenvalue weighted by molar-refractivity contribution is 7.91. The molecule has 0 amide bonds. The molecule has 0 aliphatic carbocycles. The lowest BCUT2D eigenvalue weighted by atomic mass is 10.1. The number of ether oxygens (including phenoxy) is 1. The van der Waals surface area contributed by atoms with Crippen LogP contribution in [-0.2, 0) is 9.84 Å². The molecule has 0 fully saturated rings. The fourth-order valence-corrected chi connectivity index (χ4v) is 2.48. The summed E-state index contributed by atoms with van der Waals surface area (Å²) in [5.41, 5.74) is 0.597. The topological polar surface area (TPSA) is 73.3 Å². The Bertz CT molecular complexity index is 734. The third-order valence-corrected chi connectivity index (χ3v) is 4.65. The molecule has 0 spiro atoms. The number of nitrogens with zero attached hydrogens (tertiary/aromatic N) is 1. The van der Waals surface area contributed by atoms with E-state index in [4.69, 9.17) is 4.74 Å². The average molecular weight is 305 g/mol. The zero-order valence-corrected chi connectivity index (χ0v) is 12.6. The van der Waals surface area contributed by atoms with Crippen LogP contribution in [0.2, 0.25) is 0 Å². The minimum absolute atomic E-state index is 0.0196. The van der Waals surface area contributed by atoms with Gasteiger partial charge in [0.1, 0.15) is 5.75 Å². The van der Waals surface area contributed by atoms with Gasteiger partial charge in [0.05, 0.1) is 10.6 Å². The minimum atomic E-state index is -3.26. The van der Waals surface area contributed by atoms with Gasteiger partial charge < -0.3 is 4.74 Å². The number of rotatable bonds is 5. The van der Waals surface area contributed by atoms with Crippen molar-refractivity contribution in [1.82, 2.24) is 4.98 Å². The largest absolute Gasteiger partial charge is 0.439 e. The van der Waals surface area contributed by atoms with Gasteiger partial charge in [0.25, 0.3) is 0 Å². The van der Waals surface area contributed by atoms with Crippen molar-refractivity contribution in [2.75, 3.05) is 5.75 Å². The van der Waals surface area contributed by atoms with Gasteiger partial charge >= 0.3 is 0 Å². The molecule has 0 atom stereocenters. The van der Waals surface area contributed by atoms with Crippen LogP contribution in [0.25, 0.3) is 0 Å². The third-order valence-electron chi connectivity index (χ3n) is 2.93. The first-order chi connectivity index (χ1) is 9.92. The van der Waals surface area contributed by atoms with Crippen molar-refractivity contribution >= 4 is 15.6 Å². The number of pyridine rings is 1. The van der Waals surface area contributed by atoms with E-state index >= 15 is 0 Å². The predicted molar refractivity (Wildman–Crippen MR) is 78.5 cm³/mol. The van der Waals surface area contributed by atoms with E-state index in [1.807, 2.05) is 0 Å². The number of ketones is 1. The van der Waals surface area contributed by atoms with E-state index in [1.54, 1.807) is 31.2 Å². The molecule has 0 saturated carbocycles. The maximum Gasteiger partial charge on any atom is 0.219 e. The summed E-state index contributed by atoms with van der Waals surface area (Å²) in [4.78, 5) is 15.3. The van der Waals surface area contributed by atoms with E-state index in [9.17, 15) is 13.2 Å². The van der Waals surface area contributed by atoms with Crippen molar-refractivity contribution < 1.29 is 17.9 Å². The molecule has 0 aliphatic rings. The summed E-state index contributed by atoms with van der Waals surface area (Å²) in [6, 6.07) is 9.61. The van der Waals surface area contributed by atoms with E-state index in [-0.39, 0.29) is 16.4 Å². The van der Waals surface area contributed by atoms with Crippen molar-refractivity contribution in [2.45, 2.75) is 18.7 Å². The molecule has 2 aromatic rings. The van der Waals surface area contributed by atoms with Crippen LogP contribution in [-0.4, -0.2) is 24.9 Å². The van der Waals surface area contributed by atoms with Crippen LogP contribution in [0, 0.1) is 0 Å². The van der Waals surface area contributed by atoms with Gasteiger partial charge in [-0.05, 0) is 37.3 Å². The molecule has 0 bridgehead atoms. The number of sulfone groups is 1. The van der Waals surface area contributed by atoms with Gasteiger partial charge in [-0.1, -0.05) is 6.92 Å². The van der Waals surface area contributed by atoms with Crippen molar-refractivity contribution in [3.05, 3.63) is 48.2 Å². The number of carbonyl (C=O) groups excluding carboxylic acids is 1. The Kier molecular flexibility index (Phi) is 4.37. The average Bonchev–Trinajstić information content (AvgIpc) is 2.48. The Labute approximate surface area is 123 Å². The molecule has 0 saturated heterocycles. The van der Waals surface area contributed by atoms with Crippen molar-refractivity contribution in [3.8, 4) is 11.6 Å². The molecule has 1 heterocycles. The summed E-state index contributed by atoms with van der Waals surface area (Å²) in [5.74, 6) is 0.828. The van der Waals surface area contributed by atoms with Crippen molar-refractivity contribution in [2.24, 2.45) is 0 Å². The highest BCUT2D eigenvalue weighted by Gasteiger charge is 2.12. The second-order valence-electron chi connectivity index (χ2n) is 4.42. The fourth-order valence-electron chi connectivity index (χ4n) is 1.66. The van der Waals surface area contributed by atoms with Gasteiger partial charge in [0.2, 0.25) is 5.88 Å². The Hall–Kier alpha value is -2.21. The fraction of sp³-hybridized carbons (Fsp3) is 0.200. The van der Waals surface area contributed by atoms with Crippen LogP contribution in [0.5, 0.6) is 11.6 Å². The Morgan fingerprint density at radius 1 is 1.14 bits per heavy atom. The molecule has 0 unspecified atom stereocenters. The standard InChI is InChI=1S/C15H15NO4S/c1-3-21(18,19)14-8-9-15(16-10-14)20-13-6-4-12(5-7-13)11(2)17/h4-10H,3H2,1-2H3. The number of hydrogen-bond acceptors (Lipinski definition) is 5. The second kappa shape index (κ2) is 6.05. The van der Waals surface area contributed by atoms with Crippen LogP contribution in [0.4, 0.5) is 0 Å². The maximum atomic E-state index is 11.7. The predicted octanol–water partition coefficient (Wildman–Crippen LogP) is 2.87. The first-order valence-electron chi connectivity index (χ1n) is 6.40. The van der Waals surface area contributed by atoms with E-state index < -0.39 is 9.84 Å². The molecule has 21 heavy (non-hydrogen) atoms. The molecule has 1 aromatic heterocycles. The monoisotopic (exact) mass is 305 g/mol. The highest BCUT2D eigenvalue weighted by Crippen LogP contribution is 2.21. The van der Waals surface area contributed by atoms with E-state index in [0.717, 1.165) is 0 Å². The number of carbonyl (C=O) groups is 1. The first kappa shape index (κ1) is 15.2. The highest BCUT2D eigenvalue weighted by atomic mass is 32.2. The van der Waals surface area contributed by atoms with Crippen LogP contribution in [0.1, 0.15) is 24.2 Å². The lowest BCUT2D eigenvalue weighted by Crippen LogP contribution is -2.04. The molecule has 2 rings (SSSR count). The third kappa shape index (κ3) is 3.66. The van der Waals surface area contributed by atoms with Crippen LogP contribution in [0.3, 0.4) is 0 Å². The molecule has 0 N–H and O–H groups in total. The summed E-state index contributed by atoms with van der Waals surface area (Å²) >= 11 is 0. The summed E-state index contributed by atoms with van der Waals surface area (Å²) < 4.78 is 28.8. The van der Waals surface area contributed by atoms with E-state index in [0.29, 0.717) is 17.2 Å². The molecular weight excluding hydrogens is 290 g/mol. The van der Waals surface area contributed by atoms with Crippen LogP contribution in [0.15, 0.2) is 47.5 Å².